The topological polar surface area (TPSA) is 29.0 Å². The van der Waals surface area contributed by atoms with Crippen LogP contribution in [-0.4, -0.2) is 28.3 Å². The number of alkyl halides is 4. The molecule has 1 unspecified atom stereocenters. The summed E-state index contributed by atoms with van der Waals surface area (Å²) in [6.45, 7) is 2.38. The van der Waals surface area contributed by atoms with Gasteiger partial charge in [-0.25, -0.2) is 0 Å². The molecule has 0 fully saturated rings. The summed E-state index contributed by atoms with van der Waals surface area (Å²) in [4.78, 5) is 5.04. The predicted molar refractivity (Wildman–Crippen MR) is 58.1 cm³/mol. The second-order valence-corrected chi connectivity index (χ2v) is 4.86. The molecule has 0 N–H and O–H groups in total. The fourth-order valence-corrected chi connectivity index (χ4v) is 1.72. The first-order chi connectivity index (χ1) is 7.30. The molecule has 8 heteroatoms. The van der Waals surface area contributed by atoms with E-state index in [1.54, 1.807) is 11.9 Å². The molecule has 1 rings (SSSR count). The SMILES string of the molecule is CC(Cl)CCN(C)c1nc(C(F)(F)F)ns1. The molecule has 3 nitrogen and oxygen atoms in total. The van der Waals surface area contributed by atoms with Crippen molar-refractivity contribution in [3.05, 3.63) is 5.82 Å². The summed E-state index contributed by atoms with van der Waals surface area (Å²) in [6.07, 6.45) is -3.80. The molecule has 0 spiro atoms. The van der Waals surface area contributed by atoms with Crippen molar-refractivity contribution in [2.24, 2.45) is 0 Å². The van der Waals surface area contributed by atoms with Crippen LogP contribution in [0.25, 0.3) is 0 Å². The quantitative estimate of drug-likeness (QED) is 0.790. The number of halogens is 4. The summed E-state index contributed by atoms with van der Waals surface area (Å²) in [7, 11) is 1.67. The van der Waals surface area contributed by atoms with E-state index in [2.05, 4.69) is 9.36 Å². The third-order valence-corrected chi connectivity index (χ3v) is 2.91. The van der Waals surface area contributed by atoms with E-state index in [1.165, 1.54) is 0 Å². The van der Waals surface area contributed by atoms with E-state index in [0.29, 0.717) is 13.0 Å². The van der Waals surface area contributed by atoms with Gasteiger partial charge < -0.3 is 4.90 Å². The van der Waals surface area contributed by atoms with Crippen molar-refractivity contribution >= 4 is 28.3 Å². The largest absolute Gasteiger partial charge is 0.452 e. The fourth-order valence-electron chi connectivity index (χ4n) is 0.953. The first kappa shape index (κ1) is 13.5. The van der Waals surface area contributed by atoms with Crippen molar-refractivity contribution in [3.63, 3.8) is 0 Å². The molecular formula is C8H11ClF3N3S. The number of rotatable bonds is 4. The minimum atomic E-state index is -4.48. The molecule has 0 saturated carbocycles. The van der Waals surface area contributed by atoms with Crippen molar-refractivity contribution in [2.75, 3.05) is 18.5 Å². The molecule has 0 aliphatic rings. The molecule has 1 atom stereocenters. The standard InChI is InChI=1S/C8H11ClF3N3S/c1-5(9)3-4-15(2)7-13-6(14-16-7)8(10,11)12/h5H,3-4H2,1-2H3. The van der Waals surface area contributed by atoms with Crippen LogP contribution in [0.15, 0.2) is 0 Å². The smallest absolute Gasteiger partial charge is 0.350 e. The lowest BCUT2D eigenvalue weighted by atomic mass is 10.3. The molecule has 16 heavy (non-hydrogen) atoms. The van der Waals surface area contributed by atoms with Crippen molar-refractivity contribution in [2.45, 2.75) is 24.9 Å². The number of hydrogen-bond donors (Lipinski definition) is 0. The molecule has 1 aromatic heterocycles. The second kappa shape index (κ2) is 5.18. The zero-order chi connectivity index (χ0) is 12.3. The number of nitrogens with zero attached hydrogens (tertiary/aromatic N) is 3. The summed E-state index contributed by atoms with van der Waals surface area (Å²) in [5.74, 6) is -1.08. The normalized spacial score (nSPS) is 13.9. The number of anilines is 1. The third kappa shape index (κ3) is 3.79. The van der Waals surface area contributed by atoms with Gasteiger partial charge in [0.1, 0.15) is 0 Å². The number of aromatic nitrogens is 2. The van der Waals surface area contributed by atoms with Gasteiger partial charge in [-0.1, -0.05) is 0 Å². The van der Waals surface area contributed by atoms with Gasteiger partial charge in [0.15, 0.2) is 0 Å². The second-order valence-electron chi connectivity index (χ2n) is 3.39. The van der Waals surface area contributed by atoms with Crippen LogP contribution in [0.4, 0.5) is 18.3 Å². The zero-order valence-corrected chi connectivity index (χ0v) is 10.3. The van der Waals surface area contributed by atoms with Crippen LogP contribution in [0.2, 0.25) is 0 Å². The Morgan fingerprint density at radius 3 is 2.56 bits per heavy atom. The van der Waals surface area contributed by atoms with E-state index >= 15 is 0 Å². The Balaban J connectivity index is 2.63. The van der Waals surface area contributed by atoms with Gasteiger partial charge in [0.25, 0.3) is 0 Å². The monoisotopic (exact) mass is 273 g/mol. The first-order valence-corrected chi connectivity index (χ1v) is 5.78. The highest BCUT2D eigenvalue weighted by Gasteiger charge is 2.36. The lowest BCUT2D eigenvalue weighted by molar-refractivity contribution is -0.144. The van der Waals surface area contributed by atoms with Crippen LogP contribution in [0.5, 0.6) is 0 Å². The van der Waals surface area contributed by atoms with Crippen LogP contribution in [0, 0.1) is 0 Å². The minimum absolute atomic E-state index is 0.0162. The van der Waals surface area contributed by atoms with E-state index < -0.39 is 12.0 Å². The highest BCUT2D eigenvalue weighted by molar-refractivity contribution is 7.09. The third-order valence-electron chi connectivity index (χ3n) is 1.86. The maximum atomic E-state index is 12.2. The minimum Gasteiger partial charge on any atom is -0.350 e. The maximum absolute atomic E-state index is 12.2. The average Bonchev–Trinajstić information content (AvgIpc) is 2.61. The molecule has 92 valence electrons. The molecular weight excluding hydrogens is 263 g/mol. The van der Waals surface area contributed by atoms with Crippen molar-refractivity contribution in [1.29, 1.82) is 0 Å². The molecule has 0 bridgehead atoms. The van der Waals surface area contributed by atoms with Crippen LogP contribution < -0.4 is 4.90 Å². The van der Waals surface area contributed by atoms with Gasteiger partial charge in [-0.2, -0.15) is 22.5 Å². The summed E-state index contributed by atoms with van der Waals surface area (Å²) >= 11 is 6.49. The Hall–Kier alpha value is -0.560. The fraction of sp³-hybridized carbons (Fsp3) is 0.750. The van der Waals surface area contributed by atoms with Crippen molar-refractivity contribution in [1.82, 2.24) is 9.36 Å². The Morgan fingerprint density at radius 1 is 1.50 bits per heavy atom. The summed E-state index contributed by atoms with van der Waals surface area (Å²) in [5, 5.41) is 0.238. The zero-order valence-electron chi connectivity index (χ0n) is 8.75. The lowest BCUT2D eigenvalue weighted by Crippen LogP contribution is -2.20. The highest BCUT2D eigenvalue weighted by Crippen LogP contribution is 2.29. The summed E-state index contributed by atoms with van der Waals surface area (Å²) < 4.78 is 39.9. The van der Waals surface area contributed by atoms with Crippen LogP contribution in [-0.2, 0) is 6.18 Å². The van der Waals surface area contributed by atoms with Gasteiger partial charge in [0, 0.05) is 30.5 Å². The van der Waals surface area contributed by atoms with Gasteiger partial charge in [-0.3, -0.25) is 0 Å². The molecule has 0 aliphatic carbocycles. The summed E-state index contributed by atoms with van der Waals surface area (Å²) in [5.41, 5.74) is 0. The lowest BCUT2D eigenvalue weighted by Gasteiger charge is -2.15. The van der Waals surface area contributed by atoms with Crippen LogP contribution >= 0.6 is 23.1 Å². The van der Waals surface area contributed by atoms with E-state index in [-0.39, 0.29) is 10.5 Å². The van der Waals surface area contributed by atoms with Crippen LogP contribution in [0.1, 0.15) is 19.2 Å². The molecule has 0 amide bonds. The van der Waals surface area contributed by atoms with Gasteiger partial charge in [0.2, 0.25) is 11.0 Å². The van der Waals surface area contributed by atoms with Crippen LogP contribution in [0.3, 0.4) is 0 Å². The van der Waals surface area contributed by atoms with Gasteiger partial charge in [0.05, 0.1) is 0 Å². The average molecular weight is 274 g/mol. The Kier molecular flexibility index (Phi) is 4.37. The van der Waals surface area contributed by atoms with E-state index in [1.807, 2.05) is 6.92 Å². The van der Waals surface area contributed by atoms with Crippen molar-refractivity contribution in [3.8, 4) is 0 Å². The highest BCUT2D eigenvalue weighted by atomic mass is 35.5. The Morgan fingerprint density at radius 2 is 2.12 bits per heavy atom. The van der Waals surface area contributed by atoms with Gasteiger partial charge >= 0.3 is 6.18 Å². The van der Waals surface area contributed by atoms with E-state index in [0.717, 1.165) is 11.5 Å². The summed E-state index contributed by atoms with van der Waals surface area (Å²) in [6, 6.07) is 0. The predicted octanol–water partition coefficient (Wildman–Crippen LogP) is 3.01. The van der Waals surface area contributed by atoms with Gasteiger partial charge in [-0.05, 0) is 13.3 Å². The Labute approximate surface area is 100 Å². The number of hydrogen-bond acceptors (Lipinski definition) is 4. The van der Waals surface area contributed by atoms with E-state index in [4.69, 9.17) is 11.6 Å². The molecule has 1 aromatic rings. The van der Waals surface area contributed by atoms with Crippen molar-refractivity contribution < 1.29 is 13.2 Å². The first-order valence-electron chi connectivity index (χ1n) is 4.57. The van der Waals surface area contributed by atoms with E-state index in [9.17, 15) is 13.2 Å². The molecule has 1 heterocycles. The van der Waals surface area contributed by atoms with Gasteiger partial charge in [-0.15, -0.1) is 11.6 Å². The molecule has 0 aliphatic heterocycles. The Bertz CT molecular complexity index is 340. The molecule has 0 saturated heterocycles. The maximum Gasteiger partial charge on any atom is 0.452 e. The molecule has 0 radical (unpaired) electrons. The molecule has 0 aromatic carbocycles.